The van der Waals surface area contributed by atoms with Crippen LogP contribution in [0.4, 0.5) is 0 Å². The number of fused-ring (bicyclic) bond motifs is 2. The Morgan fingerprint density at radius 1 is 0.961 bits per heavy atom. The van der Waals surface area contributed by atoms with E-state index < -0.39 is 102 Å². The number of aliphatic hydroxyl groups is 4. The Morgan fingerprint density at radius 2 is 1.61 bits per heavy atom. The third-order valence-corrected chi connectivity index (χ3v) is 11.8. The van der Waals surface area contributed by atoms with E-state index in [1.165, 1.54) is 7.11 Å². The molecule has 3 saturated heterocycles. The van der Waals surface area contributed by atoms with E-state index >= 15 is 0 Å². The van der Waals surface area contributed by atoms with Crippen LogP contribution in [0.2, 0.25) is 0 Å². The van der Waals surface area contributed by atoms with Gasteiger partial charge in [0.15, 0.2) is 24.6 Å². The van der Waals surface area contributed by atoms with Gasteiger partial charge in [0.25, 0.3) is 0 Å². The SMILES string of the molecule is CC[C@@H]1OC(=O)[C@H](C)[C@@H](O[C@H]2C[C@@](C)(OC)[C@@H](O)[C@H](C)O2)[C@H](C)[C@@H](O[C@@H]2O[C@H](C)C[C@H](N(C)C)[C@H]2O)[C@](C)(O)C[C@H](C)C2=N[C@@H](C)[C@H](O2)[C@]1(C)O. The molecule has 4 N–H and O–H groups in total. The molecule has 18 atom stereocenters. The van der Waals surface area contributed by atoms with Crippen molar-refractivity contribution in [2.45, 2.75) is 185 Å². The van der Waals surface area contributed by atoms with Gasteiger partial charge in [-0.05, 0) is 81.8 Å². The van der Waals surface area contributed by atoms with Crippen molar-refractivity contribution in [1.29, 1.82) is 0 Å². The fourth-order valence-corrected chi connectivity index (χ4v) is 8.66. The van der Waals surface area contributed by atoms with Crippen LogP contribution in [0.1, 0.15) is 94.9 Å². The predicted molar refractivity (Wildman–Crippen MR) is 188 cm³/mol. The number of hydrogen-bond acceptors (Lipinski definition) is 14. The molecule has 4 aliphatic rings. The van der Waals surface area contributed by atoms with Gasteiger partial charge in [0.2, 0.25) is 0 Å². The van der Waals surface area contributed by atoms with Crippen LogP contribution in [0.15, 0.2) is 4.99 Å². The lowest BCUT2D eigenvalue weighted by atomic mass is 9.77. The first kappa shape index (κ1) is 42.3. The number of cyclic esters (lactones) is 1. The molecule has 0 amide bonds. The smallest absolute Gasteiger partial charge is 0.311 e. The second-order valence-electron chi connectivity index (χ2n) is 16.6. The van der Waals surface area contributed by atoms with Crippen molar-refractivity contribution >= 4 is 11.9 Å². The summed E-state index contributed by atoms with van der Waals surface area (Å²) in [5.41, 5.74) is -4.22. The number of aliphatic hydroxyl groups excluding tert-OH is 2. The molecule has 0 spiro atoms. The molecule has 0 unspecified atom stereocenters. The van der Waals surface area contributed by atoms with Gasteiger partial charge in [-0.1, -0.05) is 20.8 Å². The van der Waals surface area contributed by atoms with Crippen LogP contribution in [-0.2, 0) is 38.0 Å². The van der Waals surface area contributed by atoms with Crippen molar-refractivity contribution in [3.63, 3.8) is 0 Å². The van der Waals surface area contributed by atoms with Crippen molar-refractivity contribution in [2.75, 3.05) is 21.2 Å². The van der Waals surface area contributed by atoms with Crippen LogP contribution in [0, 0.1) is 17.8 Å². The van der Waals surface area contributed by atoms with E-state index in [-0.39, 0.29) is 25.0 Å². The van der Waals surface area contributed by atoms with E-state index in [4.69, 9.17) is 38.2 Å². The van der Waals surface area contributed by atoms with Crippen LogP contribution < -0.4 is 0 Å². The molecule has 4 aliphatic heterocycles. The Hall–Kier alpha value is -1.46. The lowest BCUT2D eigenvalue weighted by Gasteiger charge is -2.49. The van der Waals surface area contributed by atoms with E-state index in [0.29, 0.717) is 18.7 Å². The van der Waals surface area contributed by atoms with Crippen LogP contribution >= 0.6 is 0 Å². The average Bonchev–Trinajstić information content (AvgIpc) is 3.46. The van der Waals surface area contributed by atoms with Crippen LogP contribution in [0.3, 0.4) is 0 Å². The van der Waals surface area contributed by atoms with Gasteiger partial charge in [0.05, 0.1) is 47.6 Å². The highest BCUT2D eigenvalue weighted by Crippen LogP contribution is 2.41. The molecular weight excluding hydrogens is 664 g/mol. The second-order valence-corrected chi connectivity index (χ2v) is 16.6. The lowest BCUT2D eigenvalue weighted by Crippen LogP contribution is -2.61. The first-order valence-electron chi connectivity index (χ1n) is 18.7. The Balaban J connectivity index is 1.82. The number of aliphatic imine (C=N–C) groups is 1. The number of carbonyl (C=O) groups excluding carboxylic acids is 1. The number of hydrogen-bond donors (Lipinski definition) is 4. The third-order valence-electron chi connectivity index (χ3n) is 11.8. The van der Waals surface area contributed by atoms with E-state index in [1.54, 1.807) is 34.6 Å². The Kier molecular flexibility index (Phi) is 13.4. The molecule has 0 aromatic rings. The Labute approximate surface area is 304 Å². The van der Waals surface area contributed by atoms with Crippen LogP contribution in [0.25, 0.3) is 0 Å². The van der Waals surface area contributed by atoms with Crippen molar-refractivity contribution in [3.8, 4) is 0 Å². The second kappa shape index (κ2) is 16.1. The number of ether oxygens (including phenoxy) is 7. The molecular formula is C37H66N2O12. The van der Waals surface area contributed by atoms with E-state index in [0.717, 1.165) is 0 Å². The summed E-state index contributed by atoms with van der Waals surface area (Å²) in [6, 6.07) is -0.725. The molecule has 2 bridgehead atoms. The molecule has 3 fully saturated rings. The van der Waals surface area contributed by atoms with Crippen molar-refractivity contribution in [1.82, 2.24) is 4.90 Å². The fourth-order valence-electron chi connectivity index (χ4n) is 8.66. The minimum absolute atomic E-state index is 0.117. The molecule has 0 radical (unpaired) electrons. The molecule has 4 heterocycles. The lowest BCUT2D eigenvalue weighted by molar-refractivity contribution is -0.318. The molecule has 296 valence electrons. The maximum Gasteiger partial charge on any atom is 0.311 e. The summed E-state index contributed by atoms with van der Waals surface area (Å²) in [7, 11) is 5.28. The van der Waals surface area contributed by atoms with Crippen molar-refractivity contribution in [2.24, 2.45) is 22.7 Å². The summed E-state index contributed by atoms with van der Waals surface area (Å²) >= 11 is 0. The summed E-state index contributed by atoms with van der Waals surface area (Å²) in [5.74, 6) is -2.40. The summed E-state index contributed by atoms with van der Waals surface area (Å²) in [6.07, 6.45) is -7.58. The molecule has 0 saturated carbocycles. The van der Waals surface area contributed by atoms with Crippen LogP contribution in [0.5, 0.6) is 0 Å². The molecule has 14 nitrogen and oxygen atoms in total. The van der Waals surface area contributed by atoms with Gasteiger partial charge in [-0.15, -0.1) is 0 Å². The Morgan fingerprint density at radius 3 is 2.20 bits per heavy atom. The highest BCUT2D eigenvalue weighted by molar-refractivity contribution is 5.80. The fraction of sp³-hybridized carbons (Fsp3) is 0.946. The third kappa shape index (κ3) is 8.76. The summed E-state index contributed by atoms with van der Waals surface area (Å²) in [6.45, 7) is 17.7. The molecule has 51 heavy (non-hydrogen) atoms. The minimum Gasteiger partial charge on any atom is -0.472 e. The molecule has 0 aromatic carbocycles. The zero-order valence-electron chi connectivity index (χ0n) is 32.9. The van der Waals surface area contributed by atoms with Gasteiger partial charge in [-0.3, -0.25) is 4.79 Å². The maximum absolute atomic E-state index is 14.2. The minimum atomic E-state index is -1.62. The molecule has 4 rings (SSSR count). The van der Waals surface area contributed by atoms with Gasteiger partial charge in [0, 0.05) is 31.4 Å². The standard InChI is InChI=1S/C37H66N2O12/c1-14-25-37(10,44)31-22(6)38-32(50-31)18(2)16-35(8,43)30(51-34-27(40)24(39(11)12)15-19(3)46-34)20(4)28(21(5)33(42)48-25)49-26-17-36(9,45-13)29(41)23(7)47-26/h18-31,34,40-41,43-44H,14-17H2,1-13H3/t18-,19+,20-,21+,22-,23-,24-,25-,26-,27+,28-,29-,30+,31-,34-,35+,36+,37+/m0/s1. The summed E-state index contributed by atoms with van der Waals surface area (Å²) in [4.78, 5) is 20.9. The monoisotopic (exact) mass is 730 g/mol. The number of methoxy groups -OCH3 is 1. The topological polar surface area (TPSA) is 178 Å². The quantitative estimate of drug-likeness (QED) is 0.281. The molecule has 0 aromatic heterocycles. The van der Waals surface area contributed by atoms with E-state index in [1.807, 2.05) is 53.6 Å². The zero-order valence-corrected chi connectivity index (χ0v) is 32.9. The molecule has 14 heteroatoms. The highest BCUT2D eigenvalue weighted by atomic mass is 16.7. The Bertz CT molecular complexity index is 1220. The maximum atomic E-state index is 14.2. The molecule has 0 aliphatic carbocycles. The number of carbonyl (C=O) groups is 1. The first-order valence-corrected chi connectivity index (χ1v) is 18.7. The summed E-state index contributed by atoms with van der Waals surface area (Å²) < 4.78 is 43.9. The van der Waals surface area contributed by atoms with Crippen molar-refractivity contribution < 1.29 is 58.4 Å². The number of likely N-dealkylation sites (N-methyl/N-ethyl adjacent to an activating group) is 1. The number of rotatable bonds is 7. The van der Waals surface area contributed by atoms with Crippen LogP contribution in [-0.4, -0.2) is 149 Å². The highest BCUT2D eigenvalue weighted by Gasteiger charge is 2.54. The number of esters is 1. The van der Waals surface area contributed by atoms with E-state index in [2.05, 4.69) is 0 Å². The van der Waals surface area contributed by atoms with Gasteiger partial charge < -0.3 is 58.5 Å². The first-order chi connectivity index (χ1) is 23.6. The van der Waals surface area contributed by atoms with Gasteiger partial charge in [-0.25, -0.2) is 4.99 Å². The summed E-state index contributed by atoms with van der Waals surface area (Å²) in [5, 5.41) is 46.8. The van der Waals surface area contributed by atoms with Gasteiger partial charge in [0.1, 0.15) is 23.9 Å². The van der Waals surface area contributed by atoms with Gasteiger partial charge >= 0.3 is 5.97 Å². The number of nitrogens with zero attached hydrogens (tertiary/aromatic N) is 2. The van der Waals surface area contributed by atoms with Gasteiger partial charge in [-0.2, -0.15) is 0 Å². The zero-order chi connectivity index (χ0) is 38.4. The van der Waals surface area contributed by atoms with Crippen molar-refractivity contribution in [3.05, 3.63) is 0 Å². The van der Waals surface area contributed by atoms with E-state index in [9.17, 15) is 25.2 Å². The average molecular weight is 731 g/mol. The largest absolute Gasteiger partial charge is 0.472 e. The normalized spacial score (nSPS) is 50.3. The predicted octanol–water partition coefficient (Wildman–Crippen LogP) is 2.41.